The van der Waals surface area contributed by atoms with Gasteiger partial charge in [0.15, 0.2) is 11.5 Å². The first-order valence-electron chi connectivity index (χ1n) is 10.2. The monoisotopic (exact) mass is 385 g/mol. The molecule has 1 aromatic carbocycles. The molecule has 1 fully saturated rings. The highest BCUT2D eigenvalue weighted by Crippen LogP contribution is 2.37. The van der Waals surface area contributed by atoms with Gasteiger partial charge in [0.2, 0.25) is 0 Å². The molecule has 3 aliphatic rings. The number of hydrogen-bond acceptors (Lipinski definition) is 7. The molecule has 150 valence electrons. The molecule has 1 unspecified atom stereocenters. The van der Waals surface area contributed by atoms with Crippen LogP contribution >= 0.6 is 0 Å². The summed E-state index contributed by atoms with van der Waals surface area (Å²) in [5, 5.41) is 12.6. The van der Waals surface area contributed by atoms with Crippen LogP contribution in [0, 0.1) is 0 Å². The second kappa shape index (κ2) is 7.60. The minimum Gasteiger partial charge on any atom is -0.496 e. The topological polar surface area (TPSA) is 73.7 Å². The summed E-state index contributed by atoms with van der Waals surface area (Å²) in [6, 6.07) is 4.33. The van der Waals surface area contributed by atoms with Crippen LogP contribution in [-0.4, -0.2) is 53.1 Å². The molecular formula is C20H27N5O3. The van der Waals surface area contributed by atoms with Crippen molar-refractivity contribution in [1.82, 2.24) is 25.0 Å². The van der Waals surface area contributed by atoms with E-state index in [0.717, 1.165) is 73.6 Å². The molecule has 0 bridgehead atoms. The third kappa shape index (κ3) is 3.31. The summed E-state index contributed by atoms with van der Waals surface area (Å²) in [5.74, 6) is 4.54. The molecule has 0 saturated carbocycles. The van der Waals surface area contributed by atoms with Gasteiger partial charge in [0.25, 0.3) is 0 Å². The van der Waals surface area contributed by atoms with Crippen molar-refractivity contribution in [3.8, 4) is 17.2 Å². The number of nitrogens with one attached hydrogen (secondary N) is 1. The molecule has 0 amide bonds. The highest BCUT2D eigenvalue weighted by Gasteiger charge is 2.27. The second-order valence-corrected chi connectivity index (χ2v) is 7.65. The molecule has 4 heterocycles. The maximum absolute atomic E-state index is 5.75. The van der Waals surface area contributed by atoms with Gasteiger partial charge in [0.1, 0.15) is 30.6 Å². The number of aromatic nitrogens is 3. The Balaban J connectivity index is 1.33. The van der Waals surface area contributed by atoms with E-state index in [-0.39, 0.29) is 0 Å². The minimum absolute atomic E-state index is 0.347. The summed E-state index contributed by atoms with van der Waals surface area (Å²) in [6.07, 6.45) is 3.66. The number of rotatable bonds is 4. The van der Waals surface area contributed by atoms with Gasteiger partial charge in [0.05, 0.1) is 19.7 Å². The van der Waals surface area contributed by atoms with Crippen LogP contribution < -0.4 is 19.5 Å². The van der Waals surface area contributed by atoms with E-state index in [0.29, 0.717) is 19.3 Å². The molecule has 3 aliphatic heterocycles. The molecular weight excluding hydrogens is 358 g/mol. The molecule has 8 heteroatoms. The largest absolute Gasteiger partial charge is 0.496 e. The van der Waals surface area contributed by atoms with Crippen LogP contribution in [0.3, 0.4) is 0 Å². The highest BCUT2D eigenvalue weighted by molar-refractivity contribution is 5.51. The average Bonchev–Trinajstić information content (AvgIpc) is 3.17. The van der Waals surface area contributed by atoms with Crippen molar-refractivity contribution in [2.24, 2.45) is 0 Å². The number of piperidine rings is 1. The van der Waals surface area contributed by atoms with E-state index >= 15 is 0 Å². The smallest absolute Gasteiger partial charge is 0.165 e. The predicted octanol–water partition coefficient (Wildman–Crippen LogP) is 1.89. The maximum Gasteiger partial charge on any atom is 0.165 e. The number of nitrogens with zero attached hydrogens (tertiary/aromatic N) is 4. The van der Waals surface area contributed by atoms with Gasteiger partial charge in [-0.2, -0.15) is 0 Å². The first-order chi connectivity index (χ1) is 13.8. The van der Waals surface area contributed by atoms with Gasteiger partial charge < -0.3 is 24.1 Å². The number of fused-ring (bicyclic) bond motifs is 2. The van der Waals surface area contributed by atoms with E-state index in [1.165, 1.54) is 12.8 Å². The van der Waals surface area contributed by atoms with Crippen LogP contribution in [0.15, 0.2) is 12.1 Å². The molecule has 1 saturated heterocycles. The van der Waals surface area contributed by atoms with Crippen molar-refractivity contribution in [3.05, 3.63) is 29.3 Å². The van der Waals surface area contributed by atoms with Crippen molar-refractivity contribution in [3.63, 3.8) is 0 Å². The fraction of sp³-hybridized carbons (Fsp3) is 0.600. The summed E-state index contributed by atoms with van der Waals surface area (Å²) in [5.41, 5.74) is 1.11. The van der Waals surface area contributed by atoms with E-state index in [9.17, 15) is 0 Å². The molecule has 0 radical (unpaired) electrons. The Bertz CT molecular complexity index is 847. The lowest BCUT2D eigenvalue weighted by molar-refractivity contribution is 0.169. The molecule has 1 N–H and O–H groups in total. The van der Waals surface area contributed by atoms with E-state index in [4.69, 9.17) is 14.2 Å². The first-order valence-corrected chi connectivity index (χ1v) is 10.2. The van der Waals surface area contributed by atoms with Crippen molar-refractivity contribution >= 4 is 0 Å². The lowest BCUT2D eigenvalue weighted by atomic mass is 10.0. The second-order valence-electron chi connectivity index (χ2n) is 7.65. The Hall–Kier alpha value is -2.32. The summed E-state index contributed by atoms with van der Waals surface area (Å²) < 4.78 is 19.3. The normalized spacial score (nSPS) is 22.0. The van der Waals surface area contributed by atoms with Crippen LogP contribution in [0.2, 0.25) is 0 Å². The third-order valence-electron chi connectivity index (χ3n) is 5.82. The van der Waals surface area contributed by atoms with Crippen LogP contribution in [0.1, 0.15) is 42.5 Å². The Labute approximate surface area is 164 Å². The molecule has 28 heavy (non-hydrogen) atoms. The van der Waals surface area contributed by atoms with Gasteiger partial charge in [-0.25, -0.2) is 0 Å². The van der Waals surface area contributed by atoms with Crippen molar-refractivity contribution < 1.29 is 14.2 Å². The Morgan fingerprint density at radius 1 is 1.14 bits per heavy atom. The molecule has 1 aromatic heterocycles. The van der Waals surface area contributed by atoms with Crippen LogP contribution in [-0.2, 0) is 19.6 Å². The zero-order chi connectivity index (χ0) is 18.9. The Kier molecular flexibility index (Phi) is 4.82. The highest BCUT2D eigenvalue weighted by atomic mass is 16.6. The lowest BCUT2D eigenvalue weighted by Gasteiger charge is -2.30. The van der Waals surface area contributed by atoms with E-state index in [1.54, 1.807) is 7.11 Å². The Morgan fingerprint density at radius 3 is 2.79 bits per heavy atom. The number of benzene rings is 1. The molecule has 8 nitrogen and oxygen atoms in total. The van der Waals surface area contributed by atoms with E-state index in [2.05, 4.69) is 25.0 Å². The summed E-state index contributed by atoms with van der Waals surface area (Å²) in [4.78, 5) is 2.38. The van der Waals surface area contributed by atoms with Crippen LogP contribution in [0.5, 0.6) is 17.2 Å². The van der Waals surface area contributed by atoms with Gasteiger partial charge in [-0.3, -0.25) is 4.90 Å². The molecule has 1 atom stereocenters. The van der Waals surface area contributed by atoms with Gasteiger partial charge in [-0.15, -0.1) is 10.2 Å². The van der Waals surface area contributed by atoms with Gasteiger partial charge in [-0.1, -0.05) is 6.42 Å². The average molecular weight is 385 g/mol. The van der Waals surface area contributed by atoms with Crippen molar-refractivity contribution in [1.29, 1.82) is 0 Å². The maximum atomic E-state index is 5.75. The minimum atomic E-state index is 0.347. The quantitative estimate of drug-likeness (QED) is 0.861. The Morgan fingerprint density at radius 2 is 2.00 bits per heavy atom. The number of hydrogen-bond donors (Lipinski definition) is 1. The molecule has 0 spiro atoms. The lowest BCUT2D eigenvalue weighted by Crippen LogP contribution is -2.36. The van der Waals surface area contributed by atoms with Crippen LogP contribution in [0.4, 0.5) is 0 Å². The SMILES string of the molecule is COc1cc2c(cc1CN1CCn3c(nnc3C3CCCCN3)C1)OCCO2. The summed E-state index contributed by atoms with van der Waals surface area (Å²) in [7, 11) is 1.70. The molecule has 5 rings (SSSR count). The van der Waals surface area contributed by atoms with E-state index < -0.39 is 0 Å². The fourth-order valence-corrected chi connectivity index (χ4v) is 4.36. The van der Waals surface area contributed by atoms with Crippen molar-refractivity contribution in [2.45, 2.75) is 44.9 Å². The summed E-state index contributed by atoms with van der Waals surface area (Å²) >= 11 is 0. The number of ether oxygens (including phenoxy) is 3. The van der Waals surface area contributed by atoms with Gasteiger partial charge in [0, 0.05) is 31.3 Å². The zero-order valence-corrected chi connectivity index (χ0v) is 16.3. The predicted molar refractivity (Wildman–Crippen MR) is 103 cm³/mol. The van der Waals surface area contributed by atoms with E-state index in [1.807, 2.05) is 12.1 Å². The standard InChI is InChI=1S/C20H27N5O3/c1-26-16-11-18-17(27-8-9-28-18)10-14(16)12-24-6-7-25-19(13-24)22-23-20(25)15-4-2-3-5-21-15/h10-11,15,21H,2-9,12-13H2,1H3. The summed E-state index contributed by atoms with van der Waals surface area (Å²) in [6.45, 7) is 5.69. The van der Waals surface area contributed by atoms with Crippen LogP contribution in [0.25, 0.3) is 0 Å². The first kappa shape index (κ1) is 17.8. The van der Waals surface area contributed by atoms with Gasteiger partial charge in [-0.05, 0) is 25.5 Å². The third-order valence-corrected chi connectivity index (χ3v) is 5.82. The fourth-order valence-electron chi connectivity index (χ4n) is 4.36. The number of methoxy groups -OCH3 is 1. The van der Waals surface area contributed by atoms with Crippen molar-refractivity contribution in [2.75, 3.05) is 33.4 Å². The molecule has 0 aliphatic carbocycles. The zero-order valence-electron chi connectivity index (χ0n) is 16.3. The van der Waals surface area contributed by atoms with Gasteiger partial charge >= 0.3 is 0 Å². The molecule has 2 aromatic rings.